The van der Waals surface area contributed by atoms with Crippen LogP contribution in [0.15, 0.2) is 0 Å². The zero-order valence-electron chi connectivity index (χ0n) is 6.67. The monoisotopic (exact) mass is 155 g/mol. The van der Waals surface area contributed by atoms with Crippen molar-refractivity contribution in [3.05, 3.63) is 0 Å². The van der Waals surface area contributed by atoms with E-state index < -0.39 is 0 Å². The van der Waals surface area contributed by atoms with Crippen molar-refractivity contribution >= 4 is 5.91 Å². The molecule has 0 radical (unpaired) electrons. The van der Waals surface area contributed by atoms with Crippen LogP contribution in [0.25, 0.3) is 0 Å². The van der Waals surface area contributed by atoms with Gasteiger partial charge in [0.05, 0.1) is 12.1 Å². The van der Waals surface area contributed by atoms with Gasteiger partial charge in [0.1, 0.15) is 0 Å². The van der Waals surface area contributed by atoms with Crippen molar-refractivity contribution in [3.63, 3.8) is 0 Å². The topological polar surface area (TPSA) is 38.3 Å². The molecule has 1 amide bonds. The van der Waals surface area contributed by atoms with Gasteiger partial charge >= 0.3 is 0 Å². The van der Waals surface area contributed by atoms with Crippen LogP contribution < -0.4 is 5.32 Å². The third-order valence-electron chi connectivity index (χ3n) is 2.78. The van der Waals surface area contributed by atoms with Gasteiger partial charge in [-0.25, -0.2) is 0 Å². The van der Waals surface area contributed by atoms with E-state index in [2.05, 4.69) is 5.32 Å². The van der Waals surface area contributed by atoms with Crippen LogP contribution in [0.5, 0.6) is 0 Å². The molecule has 3 nitrogen and oxygen atoms in total. The lowest BCUT2D eigenvalue weighted by Gasteiger charge is -2.28. The van der Waals surface area contributed by atoms with Crippen LogP contribution >= 0.6 is 0 Å². The summed E-state index contributed by atoms with van der Waals surface area (Å²) < 4.78 is 5.31. The molecule has 0 aromatic carbocycles. The highest BCUT2D eigenvalue weighted by atomic mass is 16.5. The van der Waals surface area contributed by atoms with Crippen LogP contribution in [-0.4, -0.2) is 25.2 Å². The van der Waals surface area contributed by atoms with Gasteiger partial charge in [-0.15, -0.1) is 0 Å². The van der Waals surface area contributed by atoms with Crippen molar-refractivity contribution in [1.29, 1.82) is 0 Å². The number of rotatable bonds is 1. The highest BCUT2D eigenvalue weighted by molar-refractivity contribution is 5.78. The van der Waals surface area contributed by atoms with Gasteiger partial charge in [-0.3, -0.25) is 4.79 Å². The van der Waals surface area contributed by atoms with Crippen LogP contribution in [0.2, 0.25) is 0 Å². The number of fused-ring (bicyclic) bond motifs is 2. The molecule has 11 heavy (non-hydrogen) atoms. The maximum absolute atomic E-state index is 11.0. The minimum absolute atomic E-state index is 0.200. The van der Waals surface area contributed by atoms with E-state index in [1.54, 1.807) is 7.11 Å². The minimum Gasteiger partial charge on any atom is -0.379 e. The maximum Gasteiger partial charge on any atom is 0.220 e. The van der Waals surface area contributed by atoms with E-state index in [1.165, 1.54) is 0 Å². The Labute approximate surface area is 66.1 Å². The normalized spacial score (nSPS) is 42.3. The number of ether oxygens (including phenoxy) is 1. The summed E-state index contributed by atoms with van der Waals surface area (Å²) in [5, 5.41) is 2.94. The molecule has 2 bridgehead atoms. The Morgan fingerprint density at radius 1 is 1.55 bits per heavy atom. The molecule has 2 aliphatic rings. The lowest BCUT2D eigenvalue weighted by molar-refractivity contribution is -0.127. The van der Waals surface area contributed by atoms with E-state index in [-0.39, 0.29) is 12.0 Å². The molecule has 62 valence electrons. The number of piperidine rings is 1. The molecule has 1 saturated heterocycles. The summed E-state index contributed by atoms with van der Waals surface area (Å²) in [6, 6.07) is 0.297. The molecule has 3 unspecified atom stereocenters. The van der Waals surface area contributed by atoms with Crippen LogP contribution in [0.1, 0.15) is 19.3 Å². The number of carbonyl (C=O) groups excluding carboxylic acids is 1. The molecule has 1 N–H and O–H groups in total. The molecule has 0 aromatic rings. The fourth-order valence-electron chi connectivity index (χ4n) is 2.28. The molecule has 3 atom stereocenters. The van der Waals surface area contributed by atoms with Gasteiger partial charge in [0.2, 0.25) is 5.91 Å². The zero-order valence-corrected chi connectivity index (χ0v) is 6.67. The first-order valence-electron chi connectivity index (χ1n) is 4.13. The molecule has 1 aliphatic carbocycles. The summed E-state index contributed by atoms with van der Waals surface area (Å²) in [6.07, 6.45) is 3.18. The second-order valence-corrected chi connectivity index (χ2v) is 3.42. The standard InChI is InChI=1S/C8H13NO2/c1-11-8-5-2-3-6(8)9-7(10)4-5/h5-6,8H,2-4H2,1H3,(H,9,10). The average Bonchev–Trinajstić information content (AvgIpc) is 2.23. The molecular formula is C8H13NO2. The van der Waals surface area contributed by atoms with E-state index in [0.717, 1.165) is 12.8 Å². The lowest BCUT2D eigenvalue weighted by atomic mass is 9.97. The first-order chi connectivity index (χ1) is 5.31. The minimum atomic E-state index is 0.200. The first-order valence-corrected chi connectivity index (χ1v) is 4.13. The second-order valence-electron chi connectivity index (χ2n) is 3.42. The predicted octanol–water partition coefficient (Wildman–Crippen LogP) is 0.300. The Hall–Kier alpha value is -0.570. The third-order valence-corrected chi connectivity index (χ3v) is 2.78. The van der Waals surface area contributed by atoms with Crippen molar-refractivity contribution in [1.82, 2.24) is 5.32 Å². The smallest absolute Gasteiger partial charge is 0.220 e. The van der Waals surface area contributed by atoms with E-state index in [4.69, 9.17) is 4.74 Å². The van der Waals surface area contributed by atoms with Gasteiger partial charge < -0.3 is 10.1 Å². The molecule has 1 aliphatic heterocycles. The average molecular weight is 155 g/mol. The van der Waals surface area contributed by atoms with Gasteiger partial charge in [-0.1, -0.05) is 0 Å². The summed E-state index contributed by atoms with van der Waals surface area (Å²) in [4.78, 5) is 11.0. The van der Waals surface area contributed by atoms with Crippen LogP contribution in [0.3, 0.4) is 0 Å². The van der Waals surface area contributed by atoms with E-state index >= 15 is 0 Å². The Bertz CT molecular complexity index is 165. The van der Waals surface area contributed by atoms with Crippen molar-refractivity contribution < 1.29 is 9.53 Å². The molecule has 0 aromatic heterocycles. The fourth-order valence-corrected chi connectivity index (χ4v) is 2.28. The summed E-state index contributed by atoms with van der Waals surface area (Å²) in [7, 11) is 1.73. The number of hydrogen-bond acceptors (Lipinski definition) is 2. The van der Waals surface area contributed by atoms with Gasteiger partial charge in [0.15, 0.2) is 0 Å². The molecular weight excluding hydrogens is 142 g/mol. The maximum atomic E-state index is 11.0. The molecule has 2 rings (SSSR count). The Balaban J connectivity index is 2.12. The summed E-state index contributed by atoms with van der Waals surface area (Å²) in [6.45, 7) is 0. The number of methoxy groups -OCH3 is 1. The van der Waals surface area contributed by atoms with Gasteiger partial charge in [0.25, 0.3) is 0 Å². The quantitative estimate of drug-likeness (QED) is 0.591. The third kappa shape index (κ3) is 1.03. The Kier molecular flexibility index (Phi) is 1.60. The SMILES string of the molecule is COC1C2CCC1NC(=O)C2. The largest absolute Gasteiger partial charge is 0.379 e. The highest BCUT2D eigenvalue weighted by Gasteiger charge is 2.41. The Morgan fingerprint density at radius 2 is 2.36 bits per heavy atom. The van der Waals surface area contributed by atoms with Crippen LogP contribution in [0, 0.1) is 5.92 Å². The van der Waals surface area contributed by atoms with Crippen molar-refractivity contribution in [2.24, 2.45) is 5.92 Å². The first kappa shape index (κ1) is 7.10. The van der Waals surface area contributed by atoms with Crippen LogP contribution in [0.4, 0.5) is 0 Å². The van der Waals surface area contributed by atoms with Gasteiger partial charge in [0, 0.05) is 13.5 Å². The number of carbonyl (C=O) groups is 1. The van der Waals surface area contributed by atoms with Crippen molar-refractivity contribution in [2.75, 3.05) is 7.11 Å². The molecule has 3 heteroatoms. The van der Waals surface area contributed by atoms with Crippen LogP contribution in [-0.2, 0) is 9.53 Å². The molecule has 1 heterocycles. The number of nitrogens with one attached hydrogen (secondary N) is 1. The fraction of sp³-hybridized carbons (Fsp3) is 0.875. The van der Waals surface area contributed by atoms with E-state index in [0.29, 0.717) is 18.4 Å². The summed E-state index contributed by atoms with van der Waals surface area (Å²) >= 11 is 0. The van der Waals surface area contributed by atoms with Crippen molar-refractivity contribution in [2.45, 2.75) is 31.4 Å². The lowest BCUT2D eigenvalue weighted by Crippen LogP contribution is -2.48. The van der Waals surface area contributed by atoms with E-state index in [1.807, 2.05) is 0 Å². The van der Waals surface area contributed by atoms with Crippen molar-refractivity contribution in [3.8, 4) is 0 Å². The zero-order chi connectivity index (χ0) is 7.84. The highest BCUT2D eigenvalue weighted by Crippen LogP contribution is 2.34. The predicted molar refractivity (Wildman–Crippen MR) is 40.1 cm³/mol. The Morgan fingerprint density at radius 3 is 3.00 bits per heavy atom. The summed E-state index contributed by atoms with van der Waals surface area (Å²) in [5.74, 6) is 0.685. The second kappa shape index (κ2) is 2.48. The number of amides is 1. The van der Waals surface area contributed by atoms with Gasteiger partial charge in [-0.05, 0) is 18.8 Å². The molecule has 1 saturated carbocycles. The number of hydrogen-bond donors (Lipinski definition) is 1. The summed E-state index contributed by atoms with van der Waals surface area (Å²) in [5.41, 5.74) is 0. The van der Waals surface area contributed by atoms with Gasteiger partial charge in [-0.2, -0.15) is 0 Å². The molecule has 0 spiro atoms. The molecule has 2 fully saturated rings. The van der Waals surface area contributed by atoms with E-state index in [9.17, 15) is 4.79 Å².